The molecule has 132 valence electrons. The summed E-state index contributed by atoms with van der Waals surface area (Å²) in [6, 6.07) is 0. The first-order chi connectivity index (χ1) is 11.1. The first kappa shape index (κ1) is 19.7. The Morgan fingerprint density at radius 3 is 2.04 bits per heavy atom. The van der Waals surface area contributed by atoms with Crippen molar-refractivity contribution in [3.05, 3.63) is 12.2 Å². The molecule has 0 heterocycles. The van der Waals surface area contributed by atoms with Crippen LogP contribution in [0, 0.1) is 17.8 Å². The van der Waals surface area contributed by atoms with E-state index in [1.807, 2.05) is 12.2 Å². The molecule has 0 aromatic carbocycles. The number of hydrogen-bond acceptors (Lipinski definition) is 4. The van der Waals surface area contributed by atoms with Crippen molar-refractivity contribution in [2.45, 2.75) is 65.7 Å². The molecule has 1 rings (SSSR count). The molecule has 2 atom stereocenters. The average Bonchev–Trinajstić information content (AvgIpc) is 2.54. The zero-order valence-corrected chi connectivity index (χ0v) is 14.9. The van der Waals surface area contributed by atoms with Gasteiger partial charge < -0.3 is 9.47 Å². The lowest BCUT2D eigenvalue weighted by atomic mass is 9.83. The number of unbranched alkanes of at least 4 members (excludes halogenated alkanes) is 3. The Bertz CT molecular complexity index is 387. The molecule has 0 aromatic heterocycles. The van der Waals surface area contributed by atoms with E-state index in [1.165, 1.54) is 0 Å². The zero-order valence-electron chi connectivity index (χ0n) is 14.9. The second kappa shape index (κ2) is 11.3. The lowest BCUT2D eigenvalue weighted by Gasteiger charge is -2.25. The first-order valence-corrected chi connectivity index (χ1v) is 9.04. The van der Waals surface area contributed by atoms with E-state index in [0.29, 0.717) is 32.0 Å². The van der Waals surface area contributed by atoms with Crippen molar-refractivity contribution in [1.82, 2.24) is 0 Å². The number of allylic oxidation sites excluding steroid dienone is 2. The Morgan fingerprint density at radius 1 is 0.957 bits per heavy atom. The van der Waals surface area contributed by atoms with Gasteiger partial charge in [0.05, 0.1) is 25.0 Å². The van der Waals surface area contributed by atoms with E-state index in [-0.39, 0.29) is 11.9 Å². The van der Waals surface area contributed by atoms with Crippen molar-refractivity contribution in [1.29, 1.82) is 0 Å². The van der Waals surface area contributed by atoms with E-state index in [4.69, 9.17) is 9.47 Å². The molecular formula is C19H32O4. The molecule has 2 unspecified atom stereocenters. The normalized spacial score (nSPS) is 20.5. The molecule has 1 aliphatic carbocycles. The largest absolute Gasteiger partial charge is 0.465 e. The van der Waals surface area contributed by atoms with Crippen molar-refractivity contribution in [3.8, 4) is 0 Å². The maximum Gasteiger partial charge on any atom is 0.310 e. The monoisotopic (exact) mass is 324 g/mol. The minimum Gasteiger partial charge on any atom is -0.465 e. The Kier molecular flexibility index (Phi) is 9.65. The standard InChI is InChI=1S/C19H32O4/c1-4-5-6-9-13-22-18(20)16-10-7-8-11-17(16)19(21)23-14-12-15(2)3/h7-8,15-17H,4-6,9-14H2,1-3H3. The zero-order chi connectivity index (χ0) is 17.1. The van der Waals surface area contributed by atoms with Gasteiger partial charge in [-0.3, -0.25) is 9.59 Å². The van der Waals surface area contributed by atoms with Gasteiger partial charge in [-0.05, 0) is 31.6 Å². The third-order valence-electron chi connectivity index (χ3n) is 4.22. The average molecular weight is 324 g/mol. The SMILES string of the molecule is CCCCCCOC(=O)C1CC=CCC1C(=O)OCCC(C)C. The smallest absolute Gasteiger partial charge is 0.310 e. The number of carbonyl (C=O) groups is 2. The van der Waals surface area contributed by atoms with Gasteiger partial charge in [0, 0.05) is 0 Å². The molecule has 23 heavy (non-hydrogen) atoms. The predicted molar refractivity (Wildman–Crippen MR) is 90.9 cm³/mol. The highest BCUT2D eigenvalue weighted by Crippen LogP contribution is 2.28. The molecule has 0 saturated heterocycles. The first-order valence-electron chi connectivity index (χ1n) is 9.04. The highest BCUT2D eigenvalue weighted by atomic mass is 16.5. The van der Waals surface area contributed by atoms with Gasteiger partial charge in [-0.15, -0.1) is 0 Å². The fourth-order valence-electron chi connectivity index (χ4n) is 2.65. The quantitative estimate of drug-likeness (QED) is 0.342. The lowest BCUT2D eigenvalue weighted by molar-refractivity contribution is -0.161. The van der Waals surface area contributed by atoms with Crippen LogP contribution in [-0.2, 0) is 19.1 Å². The van der Waals surface area contributed by atoms with E-state index in [1.54, 1.807) is 0 Å². The molecule has 0 aliphatic heterocycles. The summed E-state index contributed by atoms with van der Waals surface area (Å²) in [5, 5.41) is 0. The number of esters is 2. The maximum atomic E-state index is 12.3. The topological polar surface area (TPSA) is 52.6 Å². The van der Waals surface area contributed by atoms with Crippen LogP contribution < -0.4 is 0 Å². The molecule has 0 spiro atoms. The van der Waals surface area contributed by atoms with Crippen LogP contribution in [0.5, 0.6) is 0 Å². The number of carbonyl (C=O) groups excluding carboxylic acids is 2. The molecule has 0 saturated carbocycles. The predicted octanol–water partition coefficient (Wildman–Crippen LogP) is 4.28. The molecule has 1 aliphatic rings. The summed E-state index contributed by atoms with van der Waals surface area (Å²) in [5.74, 6) is -0.800. The van der Waals surface area contributed by atoms with Gasteiger partial charge >= 0.3 is 11.9 Å². The minimum absolute atomic E-state index is 0.253. The molecule has 0 aromatic rings. The van der Waals surface area contributed by atoms with Gasteiger partial charge in [0.1, 0.15) is 0 Å². The molecule has 4 heteroatoms. The van der Waals surface area contributed by atoms with Gasteiger partial charge in [0.25, 0.3) is 0 Å². The third kappa shape index (κ3) is 7.67. The Morgan fingerprint density at radius 2 is 1.52 bits per heavy atom. The van der Waals surface area contributed by atoms with Crippen molar-refractivity contribution in [2.75, 3.05) is 13.2 Å². The van der Waals surface area contributed by atoms with Crippen LogP contribution in [0.3, 0.4) is 0 Å². The summed E-state index contributed by atoms with van der Waals surface area (Å²) in [7, 11) is 0. The summed E-state index contributed by atoms with van der Waals surface area (Å²) in [6.45, 7) is 7.21. The number of ether oxygens (including phenoxy) is 2. The van der Waals surface area contributed by atoms with Gasteiger partial charge in [0.15, 0.2) is 0 Å². The van der Waals surface area contributed by atoms with Gasteiger partial charge in [-0.1, -0.05) is 52.2 Å². The molecule has 0 radical (unpaired) electrons. The fraction of sp³-hybridized carbons (Fsp3) is 0.789. The second-order valence-corrected chi connectivity index (χ2v) is 6.73. The van der Waals surface area contributed by atoms with Crippen LogP contribution in [0.25, 0.3) is 0 Å². The van der Waals surface area contributed by atoms with Crippen LogP contribution >= 0.6 is 0 Å². The fourth-order valence-corrected chi connectivity index (χ4v) is 2.65. The van der Waals surface area contributed by atoms with E-state index >= 15 is 0 Å². The van der Waals surface area contributed by atoms with Gasteiger partial charge in [-0.2, -0.15) is 0 Å². The van der Waals surface area contributed by atoms with Crippen LogP contribution in [0.1, 0.15) is 65.7 Å². The Labute approximate surface area is 140 Å². The van der Waals surface area contributed by atoms with Gasteiger partial charge in [-0.25, -0.2) is 0 Å². The molecule has 0 bridgehead atoms. The highest BCUT2D eigenvalue weighted by molar-refractivity contribution is 5.82. The summed E-state index contributed by atoms with van der Waals surface area (Å²) in [4.78, 5) is 24.5. The van der Waals surface area contributed by atoms with Crippen LogP contribution in [0.2, 0.25) is 0 Å². The Balaban J connectivity index is 2.42. The highest BCUT2D eigenvalue weighted by Gasteiger charge is 2.36. The number of hydrogen-bond donors (Lipinski definition) is 0. The van der Waals surface area contributed by atoms with Crippen LogP contribution in [0.4, 0.5) is 0 Å². The summed E-state index contributed by atoms with van der Waals surface area (Å²) in [5.41, 5.74) is 0. The molecule has 0 N–H and O–H groups in total. The van der Waals surface area contributed by atoms with Crippen molar-refractivity contribution >= 4 is 11.9 Å². The molecule has 4 nitrogen and oxygen atoms in total. The Hall–Kier alpha value is -1.32. The summed E-state index contributed by atoms with van der Waals surface area (Å²) >= 11 is 0. The van der Waals surface area contributed by atoms with Crippen molar-refractivity contribution < 1.29 is 19.1 Å². The van der Waals surface area contributed by atoms with E-state index in [2.05, 4.69) is 20.8 Å². The van der Waals surface area contributed by atoms with E-state index in [9.17, 15) is 9.59 Å². The van der Waals surface area contributed by atoms with E-state index < -0.39 is 11.8 Å². The van der Waals surface area contributed by atoms with Crippen LogP contribution in [0.15, 0.2) is 12.2 Å². The lowest BCUT2D eigenvalue weighted by Crippen LogP contribution is -2.34. The van der Waals surface area contributed by atoms with E-state index in [0.717, 1.165) is 32.1 Å². The molecular weight excluding hydrogens is 292 g/mol. The van der Waals surface area contributed by atoms with Gasteiger partial charge in [0.2, 0.25) is 0 Å². The second-order valence-electron chi connectivity index (χ2n) is 6.73. The third-order valence-corrected chi connectivity index (χ3v) is 4.22. The number of rotatable bonds is 10. The van der Waals surface area contributed by atoms with Crippen molar-refractivity contribution in [3.63, 3.8) is 0 Å². The maximum absolute atomic E-state index is 12.3. The minimum atomic E-state index is -0.393. The summed E-state index contributed by atoms with van der Waals surface area (Å²) in [6.07, 6.45) is 10.2. The van der Waals surface area contributed by atoms with Crippen molar-refractivity contribution in [2.24, 2.45) is 17.8 Å². The van der Waals surface area contributed by atoms with Crippen LogP contribution in [-0.4, -0.2) is 25.2 Å². The molecule has 0 amide bonds. The molecule has 0 fully saturated rings. The summed E-state index contributed by atoms with van der Waals surface area (Å²) < 4.78 is 10.7.